The number of benzene rings is 3. The normalized spacial score (nSPS) is 20.0. The van der Waals surface area contributed by atoms with E-state index in [-0.39, 0.29) is 18.4 Å². The number of nitrogens with zero attached hydrogens (tertiary/aromatic N) is 3. The number of ether oxygens (including phenoxy) is 2. The standard InChI is InChI=1S/C41H43BN4O5S.C2H6/c1-39(2,3)49-38(47)45-18-10-12-31(45)36-43-23-29(44-36)24-14-16-28-32-20-26-19-27(42-50-40(4,5)41(6,7)51-42)15-17-30(26)46(32)37(48-33(28)21-24)35-22-25-11-8-9-13-34(25)52-35;1-2/h8-9,11,13-17,19-23,31,37H,10,12,18H2,1-7H3,(H,43,44);1-2H3. The molecule has 2 atom stereocenters. The lowest BCUT2D eigenvalue weighted by Gasteiger charge is -2.32. The van der Waals surface area contributed by atoms with Gasteiger partial charge in [-0.05, 0) is 109 Å². The molecule has 11 heteroatoms. The zero-order chi connectivity index (χ0) is 38.2. The summed E-state index contributed by atoms with van der Waals surface area (Å²) in [6, 6.07) is 25.6. The number of likely N-dealkylation sites (tertiary alicyclic amines) is 1. The Morgan fingerprint density at radius 2 is 1.72 bits per heavy atom. The Bertz CT molecular complexity index is 2320. The first kappa shape index (κ1) is 36.4. The van der Waals surface area contributed by atoms with Gasteiger partial charge in [-0.3, -0.25) is 9.47 Å². The highest BCUT2D eigenvalue weighted by Gasteiger charge is 2.51. The molecule has 54 heavy (non-hydrogen) atoms. The second kappa shape index (κ2) is 13.3. The Morgan fingerprint density at radius 3 is 2.46 bits per heavy atom. The second-order valence-electron chi connectivity index (χ2n) is 16.2. The third-order valence-electron chi connectivity index (χ3n) is 10.9. The van der Waals surface area contributed by atoms with Crippen molar-refractivity contribution in [3.8, 4) is 28.3 Å². The summed E-state index contributed by atoms with van der Waals surface area (Å²) in [4.78, 5) is 24.2. The number of imidazole rings is 1. The number of thiophene rings is 1. The number of nitrogens with one attached hydrogen (secondary N) is 1. The quantitative estimate of drug-likeness (QED) is 0.181. The highest BCUT2D eigenvalue weighted by atomic mass is 32.1. The molecule has 1 amide bonds. The topological polar surface area (TPSA) is 90.8 Å². The molecule has 280 valence electrons. The number of aromatic nitrogens is 3. The molecule has 1 N–H and O–H groups in total. The van der Waals surface area contributed by atoms with Crippen LogP contribution < -0.4 is 10.2 Å². The van der Waals surface area contributed by atoms with Crippen molar-refractivity contribution in [2.24, 2.45) is 0 Å². The van der Waals surface area contributed by atoms with Gasteiger partial charge in [0.05, 0.1) is 45.2 Å². The molecule has 9 rings (SSSR count). The Morgan fingerprint density at radius 1 is 0.963 bits per heavy atom. The summed E-state index contributed by atoms with van der Waals surface area (Å²) in [5.74, 6) is 1.56. The van der Waals surface area contributed by atoms with Gasteiger partial charge in [0.2, 0.25) is 6.23 Å². The number of H-pyrrole nitrogens is 1. The zero-order valence-electron chi connectivity index (χ0n) is 32.7. The number of hydrogen-bond acceptors (Lipinski definition) is 7. The molecule has 0 spiro atoms. The van der Waals surface area contributed by atoms with Crippen LogP contribution in [0.1, 0.15) is 98.1 Å². The predicted octanol–water partition coefficient (Wildman–Crippen LogP) is 10.2. The Balaban J connectivity index is 0.00000203. The monoisotopic (exact) mass is 744 g/mol. The summed E-state index contributed by atoms with van der Waals surface area (Å²) in [6.07, 6.45) is 2.91. The van der Waals surface area contributed by atoms with E-state index in [1.807, 2.05) is 40.8 Å². The van der Waals surface area contributed by atoms with Crippen LogP contribution in [-0.4, -0.2) is 56.0 Å². The smallest absolute Gasteiger partial charge is 0.464 e. The highest BCUT2D eigenvalue weighted by Crippen LogP contribution is 2.47. The fraction of sp³-hybridized carbons (Fsp3) is 0.395. The van der Waals surface area contributed by atoms with E-state index < -0.39 is 23.9 Å². The summed E-state index contributed by atoms with van der Waals surface area (Å²) in [7, 11) is -0.449. The Kier molecular flexibility index (Phi) is 8.98. The molecule has 6 heterocycles. The van der Waals surface area contributed by atoms with Crippen molar-refractivity contribution in [3.05, 3.63) is 89.7 Å². The molecule has 3 aromatic carbocycles. The average molecular weight is 745 g/mol. The fourth-order valence-corrected chi connectivity index (χ4v) is 8.65. The van der Waals surface area contributed by atoms with Crippen molar-refractivity contribution in [1.82, 2.24) is 19.4 Å². The molecule has 3 aromatic heterocycles. The summed E-state index contributed by atoms with van der Waals surface area (Å²) < 4.78 is 29.1. The minimum atomic E-state index is -0.559. The van der Waals surface area contributed by atoms with E-state index in [0.717, 1.165) is 68.2 Å². The van der Waals surface area contributed by atoms with Gasteiger partial charge in [-0.25, -0.2) is 9.78 Å². The van der Waals surface area contributed by atoms with Crippen molar-refractivity contribution in [3.63, 3.8) is 0 Å². The minimum absolute atomic E-state index is 0.160. The van der Waals surface area contributed by atoms with Gasteiger partial charge in [0, 0.05) is 27.8 Å². The van der Waals surface area contributed by atoms with E-state index in [4.69, 9.17) is 23.8 Å². The van der Waals surface area contributed by atoms with E-state index in [0.29, 0.717) is 6.54 Å². The molecule has 9 nitrogen and oxygen atoms in total. The summed E-state index contributed by atoms with van der Waals surface area (Å²) in [5.41, 5.74) is 4.60. The van der Waals surface area contributed by atoms with E-state index in [2.05, 4.69) is 110 Å². The highest BCUT2D eigenvalue weighted by molar-refractivity contribution is 7.19. The van der Waals surface area contributed by atoms with Gasteiger partial charge in [-0.15, -0.1) is 11.3 Å². The van der Waals surface area contributed by atoms with Crippen molar-refractivity contribution >= 4 is 51.0 Å². The fourth-order valence-electron chi connectivity index (χ4n) is 7.56. The number of hydrogen-bond donors (Lipinski definition) is 1. The maximum atomic E-state index is 13.0. The average Bonchev–Trinajstić information content (AvgIpc) is 3.96. The molecular weight excluding hydrogens is 695 g/mol. The van der Waals surface area contributed by atoms with Gasteiger partial charge in [0.15, 0.2) is 0 Å². The van der Waals surface area contributed by atoms with Crippen LogP contribution in [0.15, 0.2) is 79.0 Å². The van der Waals surface area contributed by atoms with Crippen molar-refractivity contribution in [1.29, 1.82) is 0 Å². The zero-order valence-corrected chi connectivity index (χ0v) is 33.5. The Labute approximate surface area is 321 Å². The molecule has 0 bridgehead atoms. The summed E-state index contributed by atoms with van der Waals surface area (Å²) in [5, 5.41) is 2.29. The van der Waals surface area contributed by atoms with Crippen molar-refractivity contribution in [2.75, 3.05) is 6.54 Å². The maximum absolute atomic E-state index is 13.0. The van der Waals surface area contributed by atoms with Crippen LogP contribution in [0.5, 0.6) is 5.75 Å². The molecule has 2 fully saturated rings. The number of carbonyl (C=O) groups excluding carboxylic acids is 1. The van der Waals surface area contributed by atoms with Crippen LogP contribution in [0.25, 0.3) is 43.5 Å². The number of amides is 1. The van der Waals surface area contributed by atoms with Crippen LogP contribution in [0.4, 0.5) is 4.79 Å². The van der Waals surface area contributed by atoms with Gasteiger partial charge in [0.25, 0.3) is 0 Å². The largest absolute Gasteiger partial charge is 0.494 e. The lowest BCUT2D eigenvalue weighted by atomic mass is 9.78. The summed E-state index contributed by atoms with van der Waals surface area (Å²) >= 11 is 1.76. The van der Waals surface area contributed by atoms with E-state index in [9.17, 15) is 4.79 Å². The lowest BCUT2D eigenvalue weighted by molar-refractivity contribution is 0.00578. The molecule has 2 unspecified atom stereocenters. The Hall–Kier alpha value is -4.58. The third-order valence-corrected chi connectivity index (χ3v) is 12.1. The van der Waals surface area contributed by atoms with E-state index in [1.54, 1.807) is 16.2 Å². The van der Waals surface area contributed by atoms with Gasteiger partial charge >= 0.3 is 13.2 Å². The molecular formula is C43H49BN4O5S. The minimum Gasteiger partial charge on any atom is -0.464 e. The molecule has 0 aliphatic carbocycles. The van der Waals surface area contributed by atoms with Crippen LogP contribution in [-0.2, 0) is 14.0 Å². The summed E-state index contributed by atoms with van der Waals surface area (Å²) in [6.45, 7) is 18.6. The SMILES string of the molecule is CC.CC(C)(C)OC(=O)N1CCCC1c1ncc(-c2ccc3c(c2)OC(c2cc4ccccc4s2)n2c-3cc3cc(B4OC(C)(C)C(C)(C)O4)ccc32)[nH]1. The lowest BCUT2D eigenvalue weighted by Crippen LogP contribution is -2.41. The van der Waals surface area contributed by atoms with E-state index in [1.165, 1.54) is 10.1 Å². The number of fused-ring (bicyclic) bond motifs is 6. The van der Waals surface area contributed by atoms with Crippen molar-refractivity contribution < 1.29 is 23.6 Å². The molecule has 6 aromatic rings. The van der Waals surface area contributed by atoms with Crippen LogP contribution in [0.3, 0.4) is 0 Å². The van der Waals surface area contributed by atoms with E-state index >= 15 is 0 Å². The number of aromatic amines is 1. The number of carbonyl (C=O) groups is 1. The first-order chi connectivity index (χ1) is 25.7. The van der Waals surface area contributed by atoms with Gasteiger partial charge in [-0.2, -0.15) is 0 Å². The van der Waals surface area contributed by atoms with Crippen LogP contribution in [0.2, 0.25) is 0 Å². The van der Waals surface area contributed by atoms with Gasteiger partial charge in [0.1, 0.15) is 17.2 Å². The molecule has 2 saturated heterocycles. The second-order valence-corrected chi connectivity index (χ2v) is 17.3. The predicted molar refractivity (Wildman–Crippen MR) is 218 cm³/mol. The first-order valence-electron chi connectivity index (χ1n) is 19.1. The van der Waals surface area contributed by atoms with Crippen molar-refractivity contribution in [2.45, 2.75) is 104 Å². The molecule has 0 saturated carbocycles. The maximum Gasteiger partial charge on any atom is 0.494 e. The molecule has 3 aliphatic heterocycles. The van der Waals surface area contributed by atoms with Gasteiger partial charge < -0.3 is 23.8 Å². The third kappa shape index (κ3) is 6.30. The van der Waals surface area contributed by atoms with Gasteiger partial charge in [-0.1, -0.05) is 50.2 Å². The molecule has 0 radical (unpaired) electrons. The first-order valence-corrected chi connectivity index (χ1v) is 19.9. The molecule has 3 aliphatic rings. The van der Waals surface area contributed by atoms with Crippen LogP contribution >= 0.6 is 11.3 Å². The van der Waals surface area contributed by atoms with Crippen LogP contribution in [0, 0.1) is 0 Å². The number of rotatable bonds is 4.